The molecule has 20 heavy (non-hydrogen) atoms. The Kier molecular flexibility index (Phi) is 8.56. The van der Waals surface area contributed by atoms with Crippen LogP contribution >= 0.6 is 0 Å². The van der Waals surface area contributed by atoms with Crippen molar-refractivity contribution in [2.75, 3.05) is 27.4 Å². The van der Waals surface area contributed by atoms with Gasteiger partial charge in [0, 0.05) is 19.6 Å². The predicted octanol–water partition coefficient (Wildman–Crippen LogP) is 4.58. The topological polar surface area (TPSA) is 18.5 Å². The Bertz CT molecular complexity index is 329. The first-order valence-electron chi connectivity index (χ1n) is 7.82. The van der Waals surface area contributed by atoms with E-state index in [9.17, 15) is 0 Å². The molecule has 1 rings (SSSR count). The van der Waals surface area contributed by atoms with Crippen molar-refractivity contribution in [3.8, 4) is 0 Å². The molecule has 2 heteroatoms. The number of hydrogen-bond donors (Lipinski definition) is 0. The number of unbranched alkanes of at least 4 members (excludes halogenated alkanes) is 4. The van der Waals surface area contributed by atoms with Crippen LogP contribution in [0.2, 0.25) is 0 Å². The molecule has 0 amide bonds. The van der Waals surface area contributed by atoms with Crippen LogP contribution in [0, 0.1) is 0 Å². The lowest BCUT2D eigenvalue weighted by Crippen LogP contribution is -2.36. The summed E-state index contributed by atoms with van der Waals surface area (Å²) in [6, 6.07) is 10.7. The first kappa shape index (κ1) is 17.2. The molecule has 0 radical (unpaired) electrons. The van der Waals surface area contributed by atoms with Crippen molar-refractivity contribution in [1.82, 2.24) is 0 Å². The molecule has 0 saturated carbocycles. The second-order valence-electron chi connectivity index (χ2n) is 5.68. The molecule has 1 aromatic rings. The molecule has 0 aliphatic rings. The molecular formula is C18H30O2. The number of methoxy groups -OCH3 is 2. The van der Waals surface area contributed by atoms with E-state index in [0.29, 0.717) is 0 Å². The van der Waals surface area contributed by atoms with E-state index in [1.165, 1.54) is 37.7 Å². The summed E-state index contributed by atoms with van der Waals surface area (Å²) in [5.74, 6) is 0. The molecule has 1 aromatic carbocycles. The van der Waals surface area contributed by atoms with Crippen LogP contribution in [0.25, 0.3) is 0 Å². The maximum absolute atomic E-state index is 5.51. The highest BCUT2D eigenvalue weighted by atomic mass is 16.5. The zero-order chi connectivity index (χ0) is 14.7. The summed E-state index contributed by atoms with van der Waals surface area (Å²) in [7, 11) is 3.56. The quantitative estimate of drug-likeness (QED) is 0.552. The van der Waals surface area contributed by atoms with Gasteiger partial charge in [-0.1, -0.05) is 69.4 Å². The van der Waals surface area contributed by atoms with Gasteiger partial charge in [-0.2, -0.15) is 0 Å². The van der Waals surface area contributed by atoms with Gasteiger partial charge in [0.15, 0.2) is 0 Å². The van der Waals surface area contributed by atoms with Gasteiger partial charge in [-0.3, -0.25) is 0 Å². The Balaban J connectivity index is 2.72. The van der Waals surface area contributed by atoms with Crippen LogP contribution in [0.4, 0.5) is 0 Å². The molecule has 0 heterocycles. The number of ether oxygens (including phenoxy) is 2. The summed E-state index contributed by atoms with van der Waals surface area (Å²) in [6.07, 6.45) is 7.63. The average molecular weight is 278 g/mol. The van der Waals surface area contributed by atoms with Crippen LogP contribution in [-0.2, 0) is 14.9 Å². The minimum atomic E-state index is -0.00300. The average Bonchev–Trinajstić information content (AvgIpc) is 2.48. The molecular weight excluding hydrogens is 248 g/mol. The lowest BCUT2D eigenvalue weighted by molar-refractivity contribution is 0.0526. The lowest BCUT2D eigenvalue weighted by Gasteiger charge is -2.33. The molecule has 0 spiro atoms. The third-order valence-corrected chi connectivity index (χ3v) is 3.99. The maximum atomic E-state index is 5.51. The third-order valence-electron chi connectivity index (χ3n) is 3.99. The Morgan fingerprint density at radius 2 is 1.45 bits per heavy atom. The Morgan fingerprint density at radius 1 is 0.850 bits per heavy atom. The van der Waals surface area contributed by atoms with Crippen LogP contribution in [0.1, 0.15) is 51.0 Å². The molecule has 0 aliphatic carbocycles. The minimum absolute atomic E-state index is 0.00300. The highest BCUT2D eigenvalue weighted by Crippen LogP contribution is 2.31. The summed E-state index contributed by atoms with van der Waals surface area (Å²) >= 11 is 0. The van der Waals surface area contributed by atoms with Crippen LogP contribution in [0.3, 0.4) is 0 Å². The van der Waals surface area contributed by atoms with Crippen molar-refractivity contribution in [2.24, 2.45) is 0 Å². The molecule has 0 atom stereocenters. The third kappa shape index (κ3) is 5.26. The van der Waals surface area contributed by atoms with Gasteiger partial charge in [0.1, 0.15) is 0 Å². The SMILES string of the molecule is CCCCCCCC(COC)(COC)c1ccccc1. The van der Waals surface area contributed by atoms with E-state index in [2.05, 4.69) is 37.3 Å². The van der Waals surface area contributed by atoms with E-state index in [1.807, 2.05) is 0 Å². The zero-order valence-corrected chi connectivity index (χ0v) is 13.4. The maximum Gasteiger partial charge on any atom is 0.0581 e. The molecule has 0 unspecified atom stereocenters. The van der Waals surface area contributed by atoms with Crippen LogP contribution in [-0.4, -0.2) is 27.4 Å². The van der Waals surface area contributed by atoms with E-state index >= 15 is 0 Å². The molecule has 0 aromatic heterocycles. The lowest BCUT2D eigenvalue weighted by atomic mass is 9.77. The van der Waals surface area contributed by atoms with Crippen molar-refractivity contribution in [1.29, 1.82) is 0 Å². The number of benzene rings is 1. The standard InChI is InChI=1S/C18H30O2/c1-4-5-6-7-11-14-18(15-19-2,16-20-3)17-12-9-8-10-13-17/h8-10,12-13H,4-7,11,14-16H2,1-3H3. The molecule has 0 saturated heterocycles. The van der Waals surface area contributed by atoms with Crippen molar-refractivity contribution in [2.45, 2.75) is 50.9 Å². The minimum Gasteiger partial charge on any atom is -0.384 e. The fourth-order valence-corrected chi connectivity index (χ4v) is 2.91. The van der Waals surface area contributed by atoms with Crippen molar-refractivity contribution < 1.29 is 9.47 Å². The molecule has 0 aliphatic heterocycles. The second-order valence-corrected chi connectivity index (χ2v) is 5.68. The summed E-state index contributed by atoms with van der Waals surface area (Å²) in [6.45, 7) is 3.70. The van der Waals surface area contributed by atoms with Gasteiger partial charge >= 0.3 is 0 Å². The van der Waals surface area contributed by atoms with Gasteiger partial charge in [0.05, 0.1) is 13.2 Å². The Hall–Kier alpha value is -0.860. The molecule has 114 valence electrons. The van der Waals surface area contributed by atoms with E-state index in [4.69, 9.17) is 9.47 Å². The van der Waals surface area contributed by atoms with Gasteiger partial charge < -0.3 is 9.47 Å². The Labute approximate surface area is 124 Å². The van der Waals surface area contributed by atoms with E-state index in [1.54, 1.807) is 14.2 Å². The smallest absolute Gasteiger partial charge is 0.0581 e. The Morgan fingerprint density at radius 3 is 2.00 bits per heavy atom. The summed E-state index contributed by atoms with van der Waals surface area (Å²) in [5, 5.41) is 0. The number of rotatable bonds is 11. The van der Waals surface area contributed by atoms with Crippen molar-refractivity contribution in [3.63, 3.8) is 0 Å². The van der Waals surface area contributed by atoms with Crippen molar-refractivity contribution >= 4 is 0 Å². The van der Waals surface area contributed by atoms with E-state index in [0.717, 1.165) is 19.6 Å². The number of hydrogen-bond acceptors (Lipinski definition) is 2. The largest absolute Gasteiger partial charge is 0.384 e. The fraction of sp³-hybridized carbons (Fsp3) is 0.667. The van der Waals surface area contributed by atoms with Gasteiger partial charge in [0.25, 0.3) is 0 Å². The van der Waals surface area contributed by atoms with Gasteiger partial charge in [-0.25, -0.2) is 0 Å². The molecule has 0 fully saturated rings. The van der Waals surface area contributed by atoms with E-state index in [-0.39, 0.29) is 5.41 Å². The molecule has 0 bridgehead atoms. The highest BCUT2D eigenvalue weighted by molar-refractivity contribution is 5.26. The van der Waals surface area contributed by atoms with Gasteiger partial charge in [-0.05, 0) is 12.0 Å². The fourth-order valence-electron chi connectivity index (χ4n) is 2.91. The normalized spacial score (nSPS) is 11.8. The van der Waals surface area contributed by atoms with Crippen LogP contribution < -0.4 is 0 Å². The van der Waals surface area contributed by atoms with Crippen LogP contribution in [0.15, 0.2) is 30.3 Å². The van der Waals surface area contributed by atoms with Crippen molar-refractivity contribution in [3.05, 3.63) is 35.9 Å². The van der Waals surface area contributed by atoms with Gasteiger partial charge in [-0.15, -0.1) is 0 Å². The highest BCUT2D eigenvalue weighted by Gasteiger charge is 2.31. The summed E-state index contributed by atoms with van der Waals surface area (Å²) < 4.78 is 11.0. The van der Waals surface area contributed by atoms with Crippen LogP contribution in [0.5, 0.6) is 0 Å². The first-order chi connectivity index (χ1) is 9.79. The molecule has 2 nitrogen and oxygen atoms in total. The van der Waals surface area contributed by atoms with Gasteiger partial charge in [0.2, 0.25) is 0 Å². The van der Waals surface area contributed by atoms with E-state index < -0.39 is 0 Å². The molecule has 0 N–H and O–H groups in total. The summed E-state index contributed by atoms with van der Waals surface area (Å²) in [4.78, 5) is 0. The monoisotopic (exact) mass is 278 g/mol. The summed E-state index contributed by atoms with van der Waals surface area (Å²) in [5.41, 5.74) is 1.33. The predicted molar refractivity (Wildman–Crippen MR) is 85.2 cm³/mol. The second kappa shape index (κ2) is 9.95. The first-order valence-corrected chi connectivity index (χ1v) is 7.82. The zero-order valence-electron chi connectivity index (χ0n) is 13.4.